The van der Waals surface area contributed by atoms with Crippen LogP contribution in [-0.4, -0.2) is 41.1 Å². The summed E-state index contributed by atoms with van der Waals surface area (Å²) in [5.41, 5.74) is 0. The van der Waals surface area contributed by atoms with E-state index in [1.807, 2.05) is 16.7 Å². The highest BCUT2D eigenvalue weighted by molar-refractivity contribution is 8.00. The second kappa shape index (κ2) is 3.74. The van der Waals surface area contributed by atoms with Gasteiger partial charge in [0.2, 0.25) is 5.91 Å². The van der Waals surface area contributed by atoms with Crippen LogP contribution >= 0.6 is 11.8 Å². The van der Waals surface area contributed by atoms with Crippen molar-refractivity contribution in [2.24, 2.45) is 0 Å². The molecule has 1 amide bonds. The third-order valence-corrected chi connectivity index (χ3v) is 4.67. The van der Waals surface area contributed by atoms with Crippen molar-refractivity contribution in [3.05, 3.63) is 0 Å². The minimum Gasteiger partial charge on any atom is -0.327 e. The standard InChI is InChI=1S/C10H18N2OS/c1-3-8-9(13)12(7-11-8)6-10(14-2)4-5-10/h8,11H,3-7H2,1-2H3. The molecule has 1 aliphatic carbocycles. The molecule has 0 bridgehead atoms. The average Bonchev–Trinajstić information content (AvgIpc) is 2.89. The summed E-state index contributed by atoms with van der Waals surface area (Å²) >= 11 is 1.91. The van der Waals surface area contributed by atoms with E-state index in [0.29, 0.717) is 10.7 Å². The van der Waals surface area contributed by atoms with Crippen LogP contribution in [0.2, 0.25) is 0 Å². The molecule has 2 fully saturated rings. The Balaban J connectivity index is 1.91. The Morgan fingerprint density at radius 1 is 1.64 bits per heavy atom. The van der Waals surface area contributed by atoms with Gasteiger partial charge in [0.25, 0.3) is 0 Å². The zero-order valence-corrected chi connectivity index (χ0v) is 9.69. The molecule has 1 saturated carbocycles. The first-order chi connectivity index (χ1) is 6.71. The van der Waals surface area contributed by atoms with Gasteiger partial charge in [-0.3, -0.25) is 10.1 Å². The number of carbonyl (C=O) groups excluding carboxylic acids is 1. The maximum absolute atomic E-state index is 11.8. The molecule has 1 N–H and O–H groups in total. The normalized spacial score (nSPS) is 29.7. The summed E-state index contributed by atoms with van der Waals surface area (Å²) in [6.45, 7) is 3.75. The zero-order chi connectivity index (χ0) is 10.2. The molecular formula is C10H18N2OS. The van der Waals surface area contributed by atoms with E-state index in [4.69, 9.17) is 0 Å². The SMILES string of the molecule is CCC1NCN(CC2(SC)CC2)C1=O. The molecular weight excluding hydrogens is 196 g/mol. The smallest absolute Gasteiger partial charge is 0.240 e. The third kappa shape index (κ3) is 1.77. The molecule has 4 heteroatoms. The number of rotatable bonds is 4. The van der Waals surface area contributed by atoms with Gasteiger partial charge in [0.15, 0.2) is 0 Å². The van der Waals surface area contributed by atoms with Gasteiger partial charge >= 0.3 is 0 Å². The van der Waals surface area contributed by atoms with Gasteiger partial charge in [-0.1, -0.05) is 6.92 Å². The van der Waals surface area contributed by atoms with Crippen LogP contribution in [0.15, 0.2) is 0 Å². The van der Waals surface area contributed by atoms with Crippen LogP contribution in [0.1, 0.15) is 26.2 Å². The van der Waals surface area contributed by atoms with Crippen molar-refractivity contribution in [1.29, 1.82) is 0 Å². The van der Waals surface area contributed by atoms with E-state index in [-0.39, 0.29) is 6.04 Å². The lowest BCUT2D eigenvalue weighted by Crippen LogP contribution is -2.35. The Hall–Kier alpha value is -0.220. The summed E-state index contributed by atoms with van der Waals surface area (Å²) in [4.78, 5) is 13.8. The molecule has 0 radical (unpaired) electrons. The number of hydrogen-bond acceptors (Lipinski definition) is 3. The van der Waals surface area contributed by atoms with Crippen molar-refractivity contribution in [2.75, 3.05) is 19.5 Å². The first-order valence-electron chi connectivity index (χ1n) is 5.28. The Bertz CT molecular complexity index is 240. The van der Waals surface area contributed by atoms with Crippen molar-refractivity contribution >= 4 is 17.7 Å². The second-order valence-electron chi connectivity index (χ2n) is 4.25. The quantitative estimate of drug-likeness (QED) is 0.759. The lowest BCUT2D eigenvalue weighted by molar-refractivity contribution is -0.129. The molecule has 1 aliphatic heterocycles. The van der Waals surface area contributed by atoms with Gasteiger partial charge in [-0.25, -0.2) is 0 Å². The topological polar surface area (TPSA) is 32.3 Å². The van der Waals surface area contributed by atoms with Crippen molar-refractivity contribution in [3.8, 4) is 0 Å². The summed E-state index contributed by atoms with van der Waals surface area (Å²) in [5.74, 6) is 0.299. The van der Waals surface area contributed by atoms with Gasteiger partial charge in [0.1, 0.15) is 0 Å². The molecule has 1 unspecified atom stereocenters. The summed E-state index contributed by atoms with van der Waals surface area (Å²) in [5, 5.41) is 3.25. The van der Waals surface area contributed by atoms with E-state index in [0.717, 1.165) is 19.6 Å². The molecule has 1 heterocycles. The molecule has 1 atom stereocenters. The molecule has 80 valence electrons. The van der Waals surface area contributed by atoms with E-state index < -0.39 is 0 Å². The molecule has 0 spiro atoms. The van der Waals surface area contributed by atoms with Crippen molar-refractivity contribution in [3.63, 3.8) is 0 Å². The van der Waals surface area contributed by atoms with Crippen LogP contribution in [0.5, 0.6) is 0 Å². The number of amides is 1. The molecule has 0 aromatic heterocycles. The summed E-state index contributed by atoms with van der Waals surface area (Å²) in [6.07, 6.45) is 5.60. The van der Waals surface area contributed by atoms with Crippen LogP contribution < -0.4 is 5.32 Å². The molecule has 2 aliphatic rings. The minimum absolute atomic E-state index is 0.0765. The van der Waals surface area contributed by atoms with Crippen LogP contribution in [0.25, 0.3) is 0 Å². The van der Waals surface area contributed by atoms with Crippen molar-refractivity contribution < 1.29 is 4.79 Å². The largest absolute Gasteiger partial charge is 0.327 e. The number of carbonyl (C=O) groups is 1. The average molecular weight is 214 g/mol. The fourth-order valence-electron chi connectivity index (χ4n) is 1.97. The second-order valence-corrected chi connectivity index (χ2v) is 5.52. The van der Waals surface area contributed by atoms with Crippen LogP contribution in [-0.2, 0) is 4.79 Å². The van der Waals surface area contributed by atoms with Gasteiger partial charge in [0.05, 0.1) is 12.7 Å². The van der Waals surface area contributed by atoms with E-state index >= 15 is 0 Å². The maximum Gasteiger partial charge on any atom is 0.240 e. The maximum atomic E-state index is 11.8. The van der Waals surface area contributed by atoms with Crippen molar-refractivity contribution in [1.82, 2.24) is 10.2 Å². The summed E-state index contributed by atoms with van der Waals surface area (Å²) < 4.78 is 0.403. The Morgan fingerprint density at radius 2 is 2.36 bits per heavy atom. The molecule has 14 heavy (non-hydrogen) atoms. The lowest BCUT2D eigenvalue weighted by atomic mass is 10.2. The minimum atomic E-state index is 0.0765. The summed E-state index contributed by atoms with van der Waals surface area (Å²) in [7, 11) is 0. The first-order valence-corrected chi connectivity index (χ1v) is 6.50. The monoisotopic (exact) mass is 214 g/mol. The van der Waals surface area contributed by atoms with Crippen LogP contribution in [0.4, 0.5) is 0 Å². The Morgan fingerprint density at radius 3 is 2.79 bits per heavy atom. The predicted molar refractivity (Wildman–Crippen MR) is 59.3 cm³/mol. The number of thioether (sulfide) groups is 1. The molecule has 1 saturated heterocycles. The van der Waals surface area contributed by atoms with Gasteiger partial charge in [-0.2, -0.15) is 11.8 Å². The van der Waals surface area contributed by atoms with E-state index in [9.17, 15) is 4.79 Å². The van der Waals surface area contributed by atoms with Gasteiger partial charge < -0.3 is 4.90 Å². The molecule has 0 aromatic carbocycles. The van der Waals surface area contributed by atoms with Gasteiger partial charge in [0, 0.05) is 11.3 Å². The van der Waals surface area contributed by atoms with Crippen LogP contribution in [0, 0.1) is 0 Å². The van der Waals surface area contributed by atoms with E-state index in [1.54, 1.807) is 0 Å². The Labute approximate surface area is 89.6 Å². The molecule has 3 nitrogen and oxygen atoms in total. The zero-order valence-electron chi connectivity index (χ0n) is 8.88. The lowest BCUT2D eigenvalue weighted by Gasteiger charge is -2.21. The van der Waals surface area contributed by atoms with E-state index in [2.05, 4.69) is 18.5 Å². The Kier molecular flexibility index (Phi) is 2.75. The summed E-state index contributed by atoms with van der Waals surface area (Å²) in [6, 6.07) is 0.0765. The van der Waals surface area contributed by atoms with Gasteiger partial charge in [-0.05, 0) is 25.5 Å². The van der Waals surface area contributed by atoms with Gasteiger partial charge in [-0.15, -0.1) is 0 Å². The number of nitrogens with zero attached hydrogens (tertiary/aromatic N) is 1. The number of hydrogen-bond donors (Lipinski definition) is 1. The highest BCUT2D eigenvalue weighted by Crippen LogP contribution is 2.47. The van der Waals surface area contributed by atoms with E-state index in [1.165, 1.54) is 12.8 Å². The molecule has 0 aromatic rings. The highest BCUT2D eigenvalue weighted by Gasteiger charge is 2.45. The van der Waals surface area contributed by atoms with Crippen LogP contribution in [0.3, 0.4) is 0 Å². The third-order valence-electron chi connectivity index (χ3n) is 3.27. The fourth-order valence-corrected chi connectivity index (χ4v) is 2.77. The first kappa shape index (κ1) is 10.3. The molecule has 2 rings (SSSR count). The highest BCUT2D eigenvalue weighted by atomic mass is 32.2. The predicted octanol–water partition coefficient (Wildman–Crippen LogP) is 1.05. The number of nitrogens with one attached hydrogen (secondary N) is 1. The van der Waals surface area contributed by atoms with Crippen molar-refractivity contribution in [2.45, 2.75) is 37.0 Å². The fraction of sp³-hybridized carbons (Fsp3) is 0.900.